The van der Waals surface area contributed by atoms with E-state index in [4.69, 9.17) is 4.42 Å². The lowest BCUT2D eigenvalue weighted by Crippen LogP contribution is -2.30. The third kappa shape index (κ3) is 3.88. The van der Waals surface area contributed by atoms with E-state index >= 15 is 0 Å². The van der Waals surface area contributed by atoms with Crippen molar-refractivity contribution in [3.8, 4) is 0 Å². The van der Waals surface area contributed by atoms with Crippen LogP contribution in [-0.4, -0.2) is 23.4 Å². The fraction of sp³-hybridized carbons (Fsp3) is 0.312. The SMILES string of the molecule is CCN(c1ccc(NC(=O)c2ccc([N+](=O)[O-])o2)cc1)C(C)C. The molecular formula is C16H19N3O4. The average Bonchev–Trinajstić information content (AvgIpc) is 2.99. The van der Waals surface area contributed by atoms with Crippen LogP contribution >= 0.6 is 0 Å². The van der Waals surface area contributed by atoms with E-state index in [1.54, 1.807) is 12.1 Å². The van der Waals surface area contributed by atoms with Crippen LogP contribution in [0, 0.1) is 10.1 Å². The van der Waals surface area contributed by atoms with Crippen LogP contribution in [0.1, 0.15) is 31.3 Å². The molecular weight excluding hydrogens is 298 g/mol. The first-order valence-electron chi connectivity index (χ1n) is 7.34. The Balaban J connectivity index is 2.08. The molecule has 0 bridgehead atoms. The van der Waals surface area contributed by atoms with E-state index < -0.39 is 16.7 Å². The molecule has 0 aliphatic rings. The van der Waals surface area contributed by atoms with Crippen molar-refractivity contribution in [2.45, 2.75) is 26.8 Å². The molecule has 0 aliphatic heterocycles. The number of rotatable bonds is 6. The van der Waals surface area contributed by atoms with Crippen LogP contribution < -0.4 is 10.2 Å². The van der Waals surface area contributed by atoms with Gasteiger partial charge >= 0.3 is 5.88 Å². The maximum absolute atomic E-state index is 12.0. The highest BCUT2D eigenvalue weighted by atomic mass is 16.6. The third-order valence-corrected chi connectivity index (χ3v) is 3.42. The van der Waals surface area contributed by atoms with Crippen LogP contribution in [0.15, 0.2) is 40.8 Å². The molecule has 0 aliphatic carbocycles. The lowest BCUT2D eigenvalue weighted by molar-refractivity contribution is -0.402. The molecule has 7 nitrogen and oxygen atoms in total. The zero-order valence-corrected chi connectivity index (χ0v) is 13.3. The van der Waals surface area contributed by atoms with Crippen molar-refractivity contribution in [2.24, 2.45) is 0 Å². The first-order valence-corrected chi connectivity index (χ1v) is 7.34. The molecule has 0 saturated heterocycles. The Kier molecular flexibility index (Phi) is 5.00. The lowest BCUT2D eigenvalue weighted by Gasteiger charge is -2.27. The van der Waals surface area contributed by atoms with E-state index in [2.05, 4.69) is 31.0 Å². The summed E-state index contributed by atoms with van der Waals surface area (Å²) < 4.78 is 4.87. The normalized spacial score (nSPS) is 10.6. The van der Waals surface area contributed by atoms with Gasteiger partial charge in [0.05, 0.1) is 6.07 Å². The summed E-state index contributed by atoms with van der Waals surface area (Å²) in [4.78, 5) is 24.1. The molecule has 1 N–H and O–H groups in total. The Labute approximate surface area is 134 Å². The molecule has 1 heterocycles. The Hall–Kier alpha value is -2.83. The summed E-state index contributed by atoms with van der Waals surface area (Å²) >= 11 is 0. The third-order valence-electron chi connectivity index (χ3n) is 3.42. The van der Waals surface area contributed by atoms with E-state index in [9.17, 15) is 14.9 Å². The molecule has 0 saturated carbocycles. The van der Waals surface area contributed by atoms with Crippen molar-refractivity contribution in [3.05, 3.63) is 52.3 Å². The Morgan fingerprint density at radius 2 is 1.91 bits per heavy atom. The first kappa shape index (κ1) is 16.5. The maximum Gasteiger partial charge on any atom is 0.433 e. The van der Waals surface area contributed by atoms with E-state index in [0.717, 1.165) is 18.3 Å². The number of carbonyl (C=O) groups is 1. The first-order chi connectivity index (χ1) is 10.9. The van der Waals surface area contributed by atoms with Crippen molar-refractivity contribution < 1.29 is 14.1 Å². The van der Waals surface area contributed by atoms with Crippen molar-refractivity contribution in [3.63, 3.8) is 0 Å². The number of anilines is 2. The minimum Gasteiger partial charge on any atom is -0.395 e. The van der Waals surface area contributed by atoms with Crippen LogP contribution in [0.2, 0.25) is 0 Å². The van der Waals surface area contributed by atoms with Gasteiger partial charge in [-0.3, -0.25) is 14.9 Å². The summed E-state index contributed by atoms with van der Waals surface area (Å²) in [5.41, 5.74) is 1.66. The van der Waals surface area contributed by atoms with Crippen molar-refractivity contribution in [1.82, 2.24) is 0 Å². The molecule has 2 aromatic rings. The fourth-order valence-electron chi connectivity index (χ4n) is 2.32. The number of carbonyl (C=O) groups excluding carboxylic acids is 1. The molecule has 122 valence electrons. The minimum atomic E-state index is -0.684. The topological polar surface area (TPSA) is 88.6 Å². The van der Waals surface area contributed by atoms with E-state index in [0.29, 0.717) is 11.7 Å². The zero-order valence-electron chi connectivity index (χ0n) is 13.3. The average molecular weight is 317 g/mol. The minimum absolute atomic E-state index is 0.0989. The predicted molar refractivity (Wildman–Crippen MR) is 87.9 cm³/mol. The van der Waals surface area contributed by atoms with Gasteiger partial charge in [-0.05, 0) is 51.1 Å². The van der Waals surface area contributed by atoms with E-state index in [-0.39, 0.29) is 5.76 Å². The van der Waals surface area contributed by atoms with Crippen molar-refractivity contribution >= 4 is 23.2 Å². The van der Waals surface area contributed by atoms with Gasteiger partial charge in [0.1, 0.15) is 4.92 Å². The van der Waals surface area contributed by atoms with Gasteiger partial charge in [0, 0.05) is 24.0 Å². The summed E-state index contributed by atoms with van der Waals surface area (Å²) in [6.45, 7) is 7.20. The van der Waals surface area contributed by atoms with Crippen LogP contribution in [0.3, 0.4) is 0 Å². The van der Waals surface area contributed by atoms with Gasteiger partial charge in [-0.25, -0.2) is 0 Å². The van der Waals surface area contributed by atoms with Crippen molar-refractivity contribution in [1.29, 1.82) is 0 Å². The number of hydrogen-bond donors (Lipinski definition) is 1. The van der Waals surface area contributed by atoms with Crippen molar-refractivity contribution in [2.75, 3.05) is 16.8 Å². The molecule has 1 aromatic heterocycles. The summed E-state index contributed by atoms with van der Waals surface area (Å²) in [6.07, 6.45) is 0. The molecule has 0 radical (unpaired) electrons. The number of nitrogens with zero attached hydrogens (tertiary/aromatic N) is 2. The summed E-state index contributed by atoms with van der Waals surface area (Å²) in [7, 11) is 0. The van der Waals surface area contributed by atoms with Gasteiger partial charge in [0.2, 0.25) is 0 Å². The van der Waals surface area contributed by atoms with Gasteiger partial charge in [0.25, 0.3) is 5.91 Å². The number of nitro groups is 1. The molecule has 1 aromatic carbocycles. The number of nitrogens with one attached hydrogen (secondary N) is 1. The summed E-state index contributed by atoms with van der Waals surface area (Å²) in [6, 6.07) is 10.2. The molecule has 0 atom stereocenters. The second-order valence-electron chi connectivity index (χ2n) is 5.28. The number of furan rings is 1. The van der Waals surface area contributed by atoms with Crippen LogP contribution in [0.25, 0.3) is 0 Å². The lowest BCUT2D eigenvalue weighted by atomic mass is 10.2. The Morgan fingerprint density at radius 1 is 1.26 bits per heavy atom. The summed E-state index contributed by atoms with van der Waals surface area (Å²) in [5.74, 6) is -1.08. The van der Waals surface area contributed by atoms with Gasteiger partial charge in [0.15, 0.2) is 5.76 Å². The smallest absolute Gasteiger partial charge is 0.395 e. The molecule has 7 heteroatoms. The number of benzene rings is 1. The predicted octanol–water partition coefficient (Wildman–Crippen LogP) is 3.67. The Morgan fingerprint density at radius 3 is 2.39 bits per heavy atom. The van der Waals surface area contributed by atoms with Gasteiger partial charge in [-0.1, -0.05) is 0 Å². The highest BCUT2D eigenvalue weighted by Gasteiger charge is 2.17. The highest BCUT2D eigenvalue weighted by Crippen LogP contribution is 2.21. The monoisotopic (exact) mass is 317 g/mol. The zero-order chi connectivity index (χ0) is 17.0. The Bertz CT molecular complexity index is 692. The van der Waals surface area contributed by atoms with Gasteiger partial charge in [-0.15, -0.1) is 0 Å². The van der Waals surface area contributed by atoms with E-state index in [1.807, 2.05) is 12.1 Å². The van der Waals surface area contributed by atoms with Gasteiger partial charge < -0.3 is 14.6 Å². The largest absolute Gasteiger partial charge is 0.433 e. The molecule has 1 amide bonds. The van der Waals surface area contributed by atoms with Gasteiger partial charge in [-0.2, -0.15) is 0 Å². The standard InChI is InChI=1S/C16H19N3O4/c1-4-18(11(2)3)13-7-5-12(6-8-13)17-16(20)14-9-10-15(23-14)19(21)22/h5-11H,4H2,1-3H3,(H,17,20). The van der Waals surface area contributed by atoms with Crippen LogP contribution in [-0.2, 0) is 0 Å². The molecule has 2 rings (SSSR count). The number of amides is 1. The fourth-order valence-corrected chi connectivity index (χ4v) is 2.32. The molecule has 0 spiro atoms. The molecule has 23 heavy (non-hydrogen) atoms. The molecule has 0 unspecified atom stereocenters. The number of hydrogen-bond acceptors (Lipinski definition) is 5. The van der Waals surface area contributed by atoms with Crippen LogP contribution in [0.4, 0.5) is 17.3 Å². The second kappa shape index (κ2) is 6.95. The molecule has 0 fully saturated rings. The quantitative estimate of drug-likeness (QED) is 0.648. The maximum atomic E-state index is 12.0. The van der Waals surface area contributed by atoms with Crippen LogP contribution in [0.5, 0.6) is 0 Å². The second-order valence-corrected chi connectivity index (χ2v) is 5.28. The summed E-state index contributed by atoms with van der Waals surface area (Å²) in [5, 5.41) is 13.2. The van der Waals surface area contributed by atoms with E-state index in [1.165, 1.54) is 6.07 Å². The highest BCUT2D eigenvalue weighted by molar-refractivity contribution is 6.02.